The highest BCUT2D eigenvalue weighted by Crippen LogP contribution is 2.19. The molecule has 0 aliphatic heterocycles. The summed E-state index contributed by atoms with van der Waals surface area (Å²) in [6.45, 7) is 2.11. The Morgan fingerprint density at radius 2 is 2.05 bits per heavy atom. The largest absolute Gasteiger partial charge is 0.375 e. The first-order valence-corrected chi connectivity index (χ1v) is 6.90. The average Bonchev–Trinajstić information content (AvgIpc) is 2.46. The minimum Gasteiger partial charge on any atom is -0.375 e. The lowest BCUT2D eigenvalue weighted by Crippen LogP contribution is -2.25. The van der Waals surface area contributed by atoms with Crippen LogP contribution < -0.4 is 10.7 Å². The molecule has 0 unspecified atom stereocenters. The molecule has 0 fully saturated rings. The molecule has 0 spiro atoms. The summed E-state index contributed by atoms with van der Waals surface area (Å²) in [4.78, 5) is 11.7. The first-order chi connectivity index (χ1) is 10.1. The molecule has 21 heavy (non-hydrogen) atoms. The molecular weight excluding hydrogens is 286 g/mol. The molecule has 1 amide bonds. The summed E-state index contributed by atoms with van der Waals surface area (Å²) >= 11 is 5.98. The number of nitrogens with zero attached hydrogens (tertiary/aromatic N) is 1. The van der Waals surface area contributed by atoms with Gasteiger partial charge in [0.05, 0.1) is 23.5 Å². The van der Waals surface area contributed by atoms with Crippen molar-refractivity contribution in [3.8, 4) is 0 Å². The number of carbonyl (C=O) groups is 1. The third kappa shape index (κ3) is 4.93. The molecule has 5 heteroatoms. The molecule has 0 radical (unpaired) electrons. The number of hydrazone groups is 1. The van der Waals surface area contributed by atoms with Gasteiger partial charge in [-0.05, 0) is 24.6 Å². The van der Waals surface area contributed by atoms with Crippen molar-refractivity contribution in [2.24, 2.45) is 5.10 Å². The number of benzene rings is 2. The van der Waals surface area contributed by atoms with E-state index in [1.807, 2.05) is 49.4 Å². The summed E-state index contributed by atoms with van der Waals surface area (Å²) in [6.07, 6.45) is 1.61. The molecule has 2 aromatic rings. The predicted molar refractivity (Wildman–Crippen MR) is 86.9 cm³/mol. The van der Waals surface area contributed by atoms with Crippen LogP contribution in [0.15, 0.2) is 53.6 Å². The van der Waals surface area contributed by atoms with Crippen molar-refractivity contribution in [3.63, 3.8) is 0 Å². The van der Waals surface area contributed by atoms with Crippen LogP contribution in [0.25, 0.3) is 0 Å². The quantitative estimate of drug-likeness (QED) is 0.658. The number of anilines is 1. The van der Waals surface area contributed by atoms with Gasteiger partial charge >= 0.3 is 0 Å². The summed E-state index contributed by atoms with van der Waals surface area (Å²) < 4.78 is 0. The normalized spacial score (nSPS) is 10.6. The maximum Gasteiger partial charge on any atom is 0.259 e. The fourth-order valence-corrected chi connectivity index (χ4v) is 1.95. The number of halogens is 1. The maximum absolute atomic E-state index is 11.7. The second-order valence-corrected chi connectivity index (χ2v) is 4.95. The average molecular weight is 302 g/mol. The van der Waals surface area contributed by atoms with E-state index in [-0.39, 0.29) is 12.5 Å². The third-order valence-corrected chi connectivity index (χ3v) is 3.09. The van der Waals surface area contributed by atoms with E-state index in [2.05, 4.69) is 15.8 Å². The zero-order chi connectivity index (χ0) is 15.1. The van der Waals surface area contributed by atoms with Gasteiger partial charge in [0.1, 0.15) is 0 Å². The Hall–Kier alpha value is -2.33. The third-order valence-electron chi connectivity index (χ3n) is 2.76. The second-order valence-electron chi connectivity index (χ2n) is 4.54. The maximum atomic E-state index is 11.7. The highest BCUT2D eigenvalue weighted by atomic mass is 35.5. The van der Waals surface area contributed by atoms with E-state index < -0.39 is 0 Å². The van der Waals surface area contributed by atoms with Gasteiger partial charge in [0.25, 0.3) is 5.91 Å². The van der Waals surface area contributed by atoms with Crippen molar-refractivity contribution < 1.29 is 4.79 Å². The lowest BCUT2D eigenvalue weighted by atomic mass is 10.2. The van der Waals surface area contributed by atoms with E-state index in [1.54, 1.807) is 12.3 Å². The van der Waals surface area contributed by atoms with E-state index >= 15 is 0 Å². The molecule has 0 heterocycles. The Morgan fingerprint density at radius 3 is 2.81 bits per heavy atom. The number of carbonyl (C=O) groups excluding carboxylic acids is 1. The predicted octanol–water partition coefficient (Wildman–Crippen LogP) is 3.21. The van der Waals surface area contributed by atoms with Crippen LogP contribution in [0.2, 0.25) is 5.02 Å². The number of hydrogen-bond acceptors (Lipinski definition) is 3. The van der Waals surface area contributed by atoms with Crippen molar-refractivity contribution in [3.05, 3.63) is 64.7 Å². The molecule has 0 aliphatic rings. The summed E-state index contributed by atoms with van der Waals surface area (Å²) in [6, 6.07) is 15.1. The van der Waals surface area contributed by atoms with Gasteiger partial charge in [-0.15, -0.1) is 0 Å². The Kier molecular flexibility index (Phi) is 5.35. The molecule has 0 aliphatic carbocycles. The topological polar surface area (TPSA) is 53.5 Å². The summed E-state index contributed by atoms with van der Waals surface area (Å²) in [5.41, 5.74) is 5.27. The van der Waals surface area contributed by atoms with Gasteiger partial charge in [-0.1, -0.05) is 53.6 Å². The van der Waals surface area contributed by atoms with Gasteiger partial charge in [0, 0.05) is 0 Å². The number of para-hydroxylation sites is 1. The highest BCUT2D eigenvalue weighted by Gasteiger charge is 2.01. The van der Waals surface area contributed by atoms with Gasteiger partial charge < -0.3 is 5.32 Å². The van der Waals surface area contributed by atoms with Crippen LogP contribution in [0.5, 0.6) is 0 Å². The summed E-state index contributed by atoms with van der Waals surface area (Å²) in [7, 11) is 0. The van der Waals surface area contributed by atoms with Crippen LogP contribution in [0, 0.1) is 6.92 Å². The molecule has 0 saturated carbocycles. The Balaban J connectivity index is 1.81. The van der Waals surface area contributed by atoms with Crippen molar-refractivity contribution in [2.45, 2.75) is 6.92 Å². The fourth-order valence-electron chi connectivity index (χ4n) is 1.75. The van der Waals surface area contributed by atoms with Crippen molar-refractivity contribution in [1.29, 1.82) is 0 Å². The van der Waals surface area contributed by atoms with Crippen molar-refractivity contribution in [2.75, 3.05) is 11.9 Å². The van der Waals surface area contributed by atoms with Crippen LogP contribution >= 0.6 is 11.6 Å². The van der Waals surface area contributed by atoms with E-state index in [0.29, 0.717) is 5.02 Å². The second kappa shape index (κ2) is 7.45. The van der Waals surface area contributed by atoms with Gasteiger partial charge in [0.2, 0.25) is 0 Å². The molecule has 0 atom stereocenters. The standard InChI is InChI=1S/C16H16ClN3O/c1-12-5-4-6-13(9-12)10-19-20-16(21)11-18-15-8-3-2-7-14(15)17/h2-10,18H,11H2,1H3,(H,20,21)/b19-10-. The molecule has 0 aromatic heterocycles. The first kappa shape index (κ1) is 15.1. The lowest BCUT2D eigenvalue weighted by Gasteiger charge is -2.06. The number of aryl methyl sites for hydroxylation is 1. The molecule has 108 valence electrons. The van der Waals surface area contributed by atoms with Crippen LogP contribution in [0.4, 0.5) is 5.69 Å². The smallest absolute Gasteiger partial charge is 0.259 e. The van der Waals surface area contributed by atoms with Crippen LogP contribution in [-0.4, -0.2) is 18.7 Å². The molecule has 2 rings (SSSR count). The van der Waals surface area contributed by atoms with Gasteiger partial charge in [0.15, 0.2) is 0 Å². The van der Waals surface area contributed by atoms with Gasteiger partial charge in [-0.2, -0.15) is 5.10 Å². The minimum atomic E-state index is -0.237. The van der Waals surface area contributed by atoms with Crippen molar-refractivity contribution >= 4 is 29.4 Å². The zero-order valence-electron chi connectivity index (χ0n) is 11.6. The van der Waals surface area contributed by atoms with E-state index in [0.717, 1.165) is 16.8 Å². The molecule has 0 saturated heterocycles. The monoisotopic (exact) mass is 301 g/mol. The number of amides is 1. The molecule has 0 bridgehead atoms. The summed E-state index contributed by atoms with van der Waals surface area (Å²) in [5.74, 6) is -0.237. The van der Waals surface area contributed by atoms with Crippen molar-refractivity contribution in [1.82, 2.24) is 5.43 Å². The Morgan fingerprint density at radius 1 is 1.24 bits per heavy atom. The van der Waals surface area contributed by atoms with Gasteiger partial charge in [-0.25, -0.2) is 5.43 Å². The fraction of sp³-hybridized carbons (Fsp3) is 0.125. The molecule has 2 N–H and O–H groups in total. The van der Waals surface area contributed by atoms with Crippen LogP contribution in [0.1, 0.15) is 11.1 Å². The Bertz CT molecular complexity index is 655. The van der Waals surface area contributed by atoms with E-state index in [9.17, 15) is 4.79 Å². The Labute approximate surface area is 128 Å². The number of rotatable bonds is 5. The first-order valence-electron chi connectivity index (χ1n) is 6.52. The highest BCUT2D eigenvalue weighted by molar-refractivity contribution is 6.33. The minimum absolute atomic E-state index is 0.106. The van der Waals surface area contributed by atoms with E-state index in [4.69, 9.17) is 11.6 Å². The molecule has 2 aromatic carbocycles. The number of hydrogen-bond donors (Lipinski definition) is 2. The van der Waals surface area contributed by atoms with E-state index in [1.165, 1.54) is 0 Å². The SMILES string of the molecule is Cc1cccc(/C=N\NC(=O)CNc2ccccc2Cl)c1. The zero-order valence-corrected chi connectivity index (χ0v) is 12.4. The number of nitrogens with one attached hydrogen (secondary N) is 2. The molecule has 4 nitrogen and oxygen atoms in total. The molecular formula is C16H16ClN3O. The van der Waals surface area contributed by atoms with Crippen LogP contribution in [0.3, 0.4) is 0 Å². The van der Waals surface area contributed by atoms with Crippen LogP contribution in [-0.2, 0) is 4.79 Å². The lowest BCUT2D eigenvalue weighted by molar-refractivity contribution is -0.119. The van der Waals surface area contributed by atoms with Gasteiger partial charge in [-0.3, -0.25) is 4.79 Å². The summed E-state index contributed by atoms with van der Waals surface area (Å²) in [5, 5.41) is 7.45.